The zero-order chi connectivity index (χ0) is 19.2. The van der Waals surface area contributed by atoms with Crippen LogP contribution in [0.15, 0.2) is 42.5 Å². The Kier molecular flexibility index (Phi) is 6.21. The number of benzene rings is 2. The quantitative estimate of drug-likeness (QED) is 0.476. The lowest BCUT2D eigenvalue weighted by molar-refractivity contribution is 0.0330. The highest BCUT2D eigenvalue weighted by Crippen LogP contribution is 2.25. The zero-order valence-electron chi connectivity index (χ0n) is 15.2. The van der Waals surface area contributed by atoms with Gasteiger partial charge >= 0.3 is 5.97 Å². The van der Waals surface area contributed by atoms with Crippen molar-refractivity contribution in [2.24, 2.45) is 0 Å². The molecule has 0 saturated carbocycles. The van der Waals surface area contributed by atoms with E-state index >= 15 is 0 Å². The lowest BCUT2D eigenvalue weighted by atomic mass is 10.2. The van der Waals surface area contributed by atoms with Gasteiger partial charge in [-0.25, -0.2) is 14.8 Å². The number of carbonyl (C=O) groups is 1. The fourth-order valence-corrected chi connectivity index (χ4v) is 2.62. The number of ether oxygens (including phenoxy) is 2. The highest BCUT2D eigenvalue weighted by molar-refractivity contribution is 6.31. The molecule has 1 heterocycles. The SMILES string of the molecule is CCOCCOC(=O)c1nc2ccccc2nc1Nc1ccc(C)c(Cl)c1. The molecule has 140 valence electrons. The summed E-state index contributed by atoms with van der Waals surface area (Å²) in [5.41, 5.74) is 3.06. The van der Waals surface area contributed by atoms with E-state index in [1.165, 1.54) is 0 Å². The van der Waals surface area contributed by atoms with Crippen molar-refractivity contribution in [1.82, 2.24) is 9.97 Å². The molecule has 0 aliphatic rings. The molecule has 0 unspecified atom stereocenters. The highest BCUT2D eigenvalue weighted by Gasteiger charge is 2.18. The Morgan fingerprint density at radius 3 is 2.56 bits per heavy atom. The number of anilines is 2. The Bertz CT molecular complexity index is 962. The molecule has 3 aromatic rings. The molecule has 7 heteroatoms. The standard InChI is InChI=1S/C20H20ClN3O3/c1-3-26-10-11-27-20(25)18-19(22-14-9-8-13(2)15(21)12-14)24-17-7-5-4-6-16(17)23-18/h4-9,12H,3,10-11H2,1-2H3,(H,22,24). The van der Waals surface area contributed by atoms with E-state index in [-0.39, 0.29) is 12.3 Å². The van der Waals surface area contributed by atoms with Crippen LogP contribution in [0.5, 0.6) is 0 Å². The van der Waals surface area contributed by atoms with E-state index in [4.69, 9.17) is 21.1 Å². The molecule has 0 amide bonds. The van der Waals surface area contributed by atoms with Crippen molar-refractivity contribution in [2.75, 3.05) is 25.1 Å². The molecule has 0 spiro atoms. The molecule has 2 aromatic carbocycles. The van der Waals surface area contributed by atoms with Crippen LogP contribution in [0.2, 0.25) is 5.02 Å². The minimum absolute atomic E-state index is 0.113. The summed E-state index contributed by atoms with van der Waals surface area (Å²) in [6.07, 6.45) is 0. The molecular formula is C20H20ClN3O3. The molecule has 1 N–H and O–H groups in total. The first-order chi connectivity index (χ1) is 13.1. The van der Waals surface area contributed by atoms with Crippen LogP contribution in [0.25, 0.3) is 11.0 Å². The lowest BCUT2D eigenvalue weighted by Crippen LogP contribution is -2.15. The van der Waals surface area contributed by atoms with Crippen LogP contribution in [-0.4, -0.2) is 35.8 Å². The van der Waals surface area contributed by atoms with Gasteiger partial charge in [0.05, 0.1) is 17.6 Å². The summed E-state index contributed by atoms with van der Waals surface area (Å²) in [5.74, 6) is -0.247. The molecule has 0 radical (unpaired) electrons. The predicted octanol–water partition coefficient (Wildman–Crippen LogP) is 4.53. The van der Waals surface area contributed by atoms with Crippen molar-refractivity contribution in [3.05, 3.63) is 58.7 Å². The molecule has 27 heavy (non-hydrogen) atoms. The fourth-order valence-electron chi connectivity index (χ4n) is 2.44. The number of nitrogens with one attached hydrogen (secondary N) is 1. The molecule has 0 bridgehead atoms. The summed E-state index contributed by atoms with van der Waals surface area (Å²) < 4.78 is 10.5. The number of hydrogen-bond acceptors (Lipinski definition) is 6. The van der Waals surface area contributed by atoms with Crippen molar-refractivity contribution in [3.8, 4) is 0 Å². The Morgan fingerprint density at radius 1 is 1.11 bits per heavy atom. The molecule has 1 aromatic heterocycles. The number of carbonyl (C=O) groups excluding carboxylic acids is 1. The number of nitrogens with zero attached hydrogens (tertiary/aromatic N) is 2. The Balaban J connectivity index is 1.93. The number of esters is 1. The van der Waals surface area contributed by atoms with E-state index < -0.39 is 5.97 Å². The molecule has 0 atom stereocenters. The van der Waals surface area contributed by atoms with Crippen LogP contribution in [0.1, 0.15) is 23.0 Å². The Morgan fingerprint density at radius 2 is 1.85 bits per heavy atom. The molecular weight excluding hydrogens is 366 g/mol. The first kappa shape index (κ1) is 19.1. The maximum absolute atomic E-state index is 12.5. The monoisotopic (exact) mass is 385 g/mol. The Hall–Kier alpha value is -2.70. The molecule has 0 saturated heterocycles. The van der Waals surface area contributed by atoms with Crippen LogP contribution >= 0.6 is 11.6 Å². The number of aryl methyl sites for hydroxylation is 1. The van der Waals surface area contributed by atoms with Gasteiger partial charge in [0.15, 0.2) is 11.5 Å². The van der Waals surface area contributed by atoms with E-state index in [9.17, 15) is 4.79 Å². The summed E-state index contributed by atoms with van der Waals surface area (Å²) in [5, 5.41) is 3.75. The van der Waals surface area contributed by atoms with Crippen LogP contribution in [-0.2, 0) is 9.47 Å². The summed E-state index contributed by atoms with van der Waals surface area (Å²) >= 11 is 6.19. The van der Waals surface area contributed by atoms with E-state index in [0.29, 0.717) is 40.8 Å². The third-order valence-corrected chi connectivity index (χ3v) is 4.27. The molecule has 6 nitrogen and oxygen atoms in total. The molecule has 0 aliphatic heterocycles. The van der Waals surface area contributed by atoms with Crippen molar-refractivity contribution in [3.63, 3.8) is 0 Å². The van der Waals surface area contributed by atoms with Gasteiger partial charge in [0.1, 0.15) is 6.61 Å². The van der Waals surface area contributed by atoms with E-state index in [1.807, 2.05) is 44.2 Å². The normalized spacial score (nSPS) is 10.8. The van der Waals surface area contributed by atoms with Gasteiger partial charge in [0, 0.05) is 17.3 Å². The first-order valence-corrected chi connectivity index (χ1v) is 9.01. The number of fused-ring (bicyclic) bond motifs is 1. The van der Waals surface area contributed by atoms with Gasteiger partial charge < -0.3 is 14.8 Å². The summed E-state index contributed by atoms with van der Waals surface area (Å²) in [6, 6.07) is 12.9. The topological polar surface area (TPSA) is 73.3 Å². The average Bonchev–Trinajstić information content (AvgIpc) is 2.67. The van der Waals surface area contributed by atoms with Crippen LogP contribution in [0, 0.1) is 6.92 Å². The highest BCUT2D eigenvalue weighted by atomic mass is 35.5. The Labute approximate surface area is 162 Å². The summed E-state index contributed by atoms with van der Waals surface area (Å²) in [6.45, 7) is 4.85. The van der Waals surface area contributed by atoms with Gasteiger partial charge in [-0.05, 0) is 43.7 Å². The minimum Gasteiger partial charge on any atom is -0.458 e. The van der Waals surface area contributed by atoms with Gasteiger partial charge in [-0.15, -0.1) is 0 Å². The third-order valence-electron chi connectivity index (χ3n) is 3.86. The van der Waals surface area contributed by atoms with Gasteiger partial charge in [0.2, 0.25) is 0 Å². The fraction of sp³-hybridized carbons (Fsp3) is 0.250. The van der Waals surface area contributed by atoms with Gasteiger partial charge in [-0.2, -0.15) is 0 Å². The number of para-hydroxylation sites is 2. The lowest BCUT2D eigenvalue weighted by Gasteiger charge is -2.12. The second-order valence-corrected chi connectivity index (χ2v) is 6.24. The van der Waals surface area contributed by atoms with E-state index in [2.05, 4.69) is 15.3 Å². The smallest absolute Gasteiger partial charge is 0.360 e. The maximum atomic E-state index is 12.5. The van der Waals surface area contributed by atoms with E-state index in [0.717, 1.165) is 5.56 Å². The summed E-state index contributed by atoms with van der Waals surface area (Å²) in [4.78, 5) is 21.5. The van der Waals surface area contributed by atoms with Gasteiger partial charge in [-0.3, -0.25) is 0 Å². The zero-order valence-corrected chi connectivity index (χ0v) is 15.9. The number of rotatable bonds is 7. The van der Waals surface area contributed by atoms with E-state index in [1.54, 1.807) is 12.1 Å². The summed E-state index contributed by atoms with van der Waals surface area (Å²) in [7, 11) is 0. The first-order valence-electron chi connectivity index (χ1n) is 8.63. The van der Waals surface area contributed by atoms with Crippen LogP contribution in [0.3, 0.4) is 0 Å². The average molecular weight is 386 g/mol. The minimum atomic E-state index is -0.561. The second-order valence-electron chi connectivity index (χ2n) is 5.83. The van der Waals surface area contributed by atoms with Gasteiger partial charge in [0.25, 0.3) is 0 Å². The molecule has 3 rings (SSSR count). The number of halogens is 1. The molecule has 0 aliphatic carbocycles. The second kappa shape index (κ2) is 8.79. The van der Waals surface area contributed by atoms with Crippen molar-refractivity contribution >= 4 is 40.1 Å². The van der Waals surface area contributed by atoms with Crippen molar-refractivity contribution in [2.45, 2.75) is 13.8 Å². The maximum Gasteiger partial charge on any atom is 0.360 e. The van der Waals surface area contributed by atoms with Crippen molar-refractivity contribution < 1.29 is 14.3 Å². The predicted molar refractivity (Wildman–Crippen MR) is 106 cm³/mol. The number of hydrogen-bond donors (Lipinski definition) is 1. The largest absolute Gasteiger partial charge is 0.458 e. The number of aromatic nitrogens is 2. The van der Waals surface area contributed by atoms with Crippen molar-refractivity contribution in [1.29, 1.82) is 0 Å². The van der Waals surface area contributed by atoms with Gasteiger partial charge in [-0.1, -0.05) is 29.8 Å². The van der Waals surface area contributed by atoms with Crippen LogP contribution < -0.4 is 5.32 Å². The third kappa shape index (κ3) is 4.72. The molecule has 0 fully saturated rings. The van der Waals surface area contributed by atoms with Crippen LogP contribution in [0.4, 0.5) is 11.5 Å².